The lowest BCUT2D eigenvalue weighted by Gasteiger charge is -2.12. The monoisotopic (exact) mass is 324 g/mol. The lowest BCUT2D eigenvalue weighted by Crippen LogP contribution is -2.30. The van der Waals surface area contributed by atoms with Crippen LogP contribution in [0.2, 0.25) is 0 Å². The zero-order valence-electron chi connectivity index (χ0n) is 13.3. The molecule has 4 N–H and O–H groups in total. The van der Waals surface area contributed by atoms with E-state index in [1.165, 1.54) is 0 Å². The van der Waals surface area contributed by atoms with Crippen LogP contribution in [0.3, 0.4) is 0 Å². The van der Waals surface area contributed by atoms with E-state index in [2.05, 4.69) is 21.7 Å². The molecule has 0 saturated carbocycles. The van der Waals surface area contributed by atoms with Crippen molar-refractivity contribution in [2.45, 2.75) is 25.7 Å². The fraction of sp³-hybridized carbons (Fsp3) is 0.222. The summed E-state index contributed by atoms with van der Waals surface area (Å²) in [4.78, 5) is 23.8. The largest absolute Gasteiger partial charge is 0.299 e. The van der Waals surface area contributed by atoms with Gasteiger partial charge in [0.05, 0.1) is 11.4 Å². The van der Waals surface area contributed by atoms with Crippen LogP contribution in [0.1, 0.15) is 24.0 Å². The minimum Gasteiger partial charge on any atom is -0.299 e. The first-order valence-electron chi connectivity index (χ1n) is 7.97. The Morgan fingerprint density at radius 3 is 1.25 bits per heavy atom. The van der Waals surface area contributed by atoms with Gasteiger partial charge in [-0.15, -0.1) is 0 Å². The zero-order valence-corrected chi connectivity index (χ0v) is 13.3. The molecule has 2 aromatic carbocycles. The number of hydrazine groups is 2. The minimum absolute atomic E-state index is 0.0605. The van der Waals surface area contributed by atoms with Crippen molar-refractivity contribution < 1.29 is 9.59 Å². The maximum Gasteiger partial charge on any atom is 0.238 e. The van der Waals surface area contributed by atoms with Crippen molar-refractivity contribution in [1.29, 1.82) is 0 Å². The molecule has 124 valence electrons. The Morgan fingerprint density at radius 1 is 0.500 bits per heavy atom. The van der Waals surface area contributed by atoms with Crippen LogP contribution in [0, 0.1) is 0 Å². The molecule has 2 aromatic rings. The molecule has 0 unspecified atom stereocenters. The van der Waals surface area contributed by atoms with Crippen molar-refractivity contribution in [2.24, 2.45) is 0 Å². The fourth-order valence-corrected chi connectivity index (χ4v) is 2.43. The average molecular weight is 324 g/mol. The van der Waals surface area contributed by atoms with Crippen molar-refractivity contribution >= 4 is 23.2 Å². The molecule has 4 aliphatic rings. The molecule has 0 aromatic heterocycles. The highest BCUT2D eigenvalue weighted by atomic mass is 16.2. The smallest absolute Gasteiger partial charge is 0.238 e. The Balaban J connectivity index is 1.72. The summed E-state index contributed by atoms with van der Waals surface area (Å²) in [7, 11) is 0. The molecule has 6 nitrogen and oxygen atoms in total. The van der Waals surface area contributed by atoms with Gasteiger partial charge in [-0.3, -0.25) is 31.3 Å². The van der Waals surface area contributed by atoms with Crippen LogP contribution in [-0.2, 0) is 22.4 Å². The van der Waals surface area contributed by atoms with E-state index in [4.69, 9.17) is 0 Å². The third-order valence-electron chi connectivity index (χ3n) is 3.88. The lowest BCUT2D eigenvalue weighted by atomic mass is 10.0. The van der Waals surface area contributed by atoms with Crippen molar-refractivity contribution in [2.75, 3.05) is 10.9 Å². The van der Waals surface area contributed by atoms with Crippen LogP contribution in [-0.4, -0.2) is 11.8 Å². The summed E-state index contributed by atoms with van der Waals surface area (Å²) in [6.45, 7) is 0. The quantitative estimate of drug-likeness (QED) is 0.598. The number of carbonyl (C=O) groups excluding carboxylic acids is 2. The Kier molecular flexibility index (Phi) is 4.96. The number of hydrogen-bond acceptors (Lipinski definition) is 4. The van der Waals surface area contributed by atoms with E-state index in [1.54, 1.807) is 0 Å². The molecule has 0 atom stereocenters. The fourth-order valence-electron chi connectivity index (χ4n) is 2.43. The normalized spacial score (nSPS) is 15.5. The maximum absolute atomic E-state index is 11.9. The van der Waals surface area contributed by atoms with Gasteiger partial charge >= 0.3 is 0 Å². The molecular formula is C18H20N4O2. The Labute approximate surface area is 140 Å². The van der Waals surface area contributed by atoms with Gasteiger partial charge in [0.1, 0.15) is 0 Å². The molecule has 2 amide bonds. The van der Waals surface area contributed by atoms with Gasteiger partial charge in [-0.25, -0.2) is 0 Å². The number of anilines is 2. The second-order valence-corrected chi connectivity index (χ2v) is 5.74. The SMILES string of the molecule is O=C1CCc2ccc(cc2)CCC(=O)NNc2ccc(cc2)NN1. The van der Waals surface area contributed by atoms with Gasteiger partial charge in [-0.2, -0.15) is 0 Å². The maximum atomic E-state index is 11.9. The molecule has 0 spiro atoms. The van der Waals surface area contributed by atoms with Gasteiger partial charge in [0, 0.05) is 12.8 Å². The highest BCUT2D eigenvalue weighted by molar-refractivity contribution is 5.78. The van der Waals surface area contributed by atoms with Gasteiger partial charge in [0.25, 0.3) is 0 Å². The van der Waals surface area contributed by atoms with Gasteiger partial charge < -0.3 is 0 Å². The molecule has 0 fully saturated rings. The lowest BCUT2D eigenvalue weighted by molar-refractivity contribution is -0.121. The van der Waals surface area contributed by atoms with Gasteiger partial charge in [-0.05, 0) is 48.2 Å². The molecule has 4 heterocycles. The van der Waals surface area contributed by atoms with E-state index in [0.717, 1.165) is 22.5 Å². The number of hydrogen-bond donors (Lipinski definition) is 4. The number of aryl methyl sites for hydroxylation is 2. The molecule has 0 radical (unpaired) electrons. The zero-order chi connectivity index (χ0) is 16.8. The second kappa shape index (κ2) is 7.50. The molecular weight excluding hydrogens is 304 g/mol. The van der Waals surface area contributed by atoms with E-state index in [9.17, 15) is 9.59 Å². The molecule has 0 aliphatic carbocycles. The topological polar surface area (TPSA) is 82.3 Å². The van der Waals surface area contributed by atoms with E-state index in [-0.39, 0.29) is 11.8 Å². The van der Waals surface area contributed by atoms with Crippen LogP contribution in [0.4, 0.5) is 11.4 Å². The van der Waals surface area contributed by atoms with Crippen LogP contribution >= 0.6 is 0 Å². The Hall–Kier alpha value is -3.02. The number of nitrogens with one attached hydrogen (secondary N) is 4. The van der Waals surface area contributed by atoms with Crippen LogP contribution in [0.15, 0.2) is 48.5 Å². The third-order valence-corrected chi connectivity index (χ3v) is 3.88. The first-order chi connectivity index (χ1) is 11.7. The molecule has 6 heteroatoms. The van der Waals surface area contributed by atoms with Crippen LogP contribution < -0.4 is 21.7 Å². The van der Waals surface area contributed by atoms with Gasteiger partial charge in [0.2, 0.25) is 11.8 Å². The summed E-state index contributed by atoms with van der Waals surface area (Å²) in [5, 5.41) is 0. The van der Waals surface area contributed by atoms with E-state index in [0.29, 0.717) is 25.7 Å². The highest BCUT2D eigenvalue weighted by Gasteiger charge is 2.05. The van der Waals surface area contributed by atoms with Crippen LogP contribution in [0.25, 0.3) is 0 Å². The predicted molar refractivity (Wildman–Crippen MR) is 93.1 cm³/mol. The van der Waals surface area contributed by atoms with E-state index >= 15 is 0 Å². The molecule has 4 bridgehead atoms. The van der Waals surface area contributed by atoms with Crippen molar-refractivity contribution in [3.8, 4) is 0 Å². The number of amides is 2. The molecule has 4 aliphatic heterocycles. The van der Waals surface area contributed by atoms with E-state index in [1.807, 2.05) is 48.5 Å². The Morgan fingerprint density at radius 2 is 0.875 bits per heavy atom. The first-order valence-corrected chi connectivity index (χ1v) is 7.97. The average Bonchev–Trinajstić information content (AvgIpc) is 2.62. The van der Waals surface area contributed by atoms with Crippen molar-refractivity contribution in [1.82, 2.24) is 10.9 Å². The second-order valence-electron chi connectivity index (χ2n) is 5.74. The summed E-state index contributed by atoms with van der Waals surface area (Å²) >= 11 is 0. The van der Waals surface area contributed by atoms with E-state index < -0.39 is 0 Å². The van der Waals surface area contributed by atoms with Gasteiger partial charge in [0.15, 0.2) is 0 Å². The van der Waals surface area contributed by atoms with Crippen molar-refractivity contribution in [3.63, 3.8) is 0 Å². The highest BCUT2D eigenvalue weighted by Crippen LogP contribution is 2.13. The Bertz CT molecular complexity index is 589. The number of carbonyl (C=O) groups is 2. The number of benzene rings is 2. The van der Waals surface area contributed by atoms with Crippen LogP contribution in [0.5, 0.6) is 0 Å². The first kappa shape index (κ1) is 15.9. The summed E-state index contributed by atoms with van der Waals surface area (Å²) in [6.07, 6.45) is 2.18. The van der Waals surface area contributed by atoms with Crippen molar-refractivity contribution in [3.05, 3.63) is 59.7 Å². The van der Waals surface area contributed by atoms with Gasteiger partial charge in [-0.1, -0.05) is 24.3 Å². The molecule has 0 saturated heterocycles. The minimum atomic E-state index is -0.0605. The summed E-state index contributed by atoms with van der Waals surface area (Å²) in [5.74, 6) is -0.121. The predicted octanol–water partition coefficient (Wildman–Crippen LogP) is 2.15. The number of rotatable bonds is 0. The third kappa shape index (κ3) is 4.49. The summed E-state index contributed by atoms with van der Waals surface area (Å²) < 4.78 is 0. The standard InChI is InChI=1S/C18H20N4O2/c23-17-11-5-13-1-2-14(4-3-13)6-12-18(24)22-20-16-9-7-15(8-10-16)19-21-17/h1-4,7-10,19-20H,5-6,11-12H2,(H,21,23)(H,22,24). The summed E-state index contributed by atoms with van der Waals surface area (Å²) in [6, 6.07) is 15.3. The molecule has 6 rings (SSSR count). The molecule has 24 heavy (non-hydrogen) atoms. The summed E-state index contributed by atoms with van der Waals surface area (Å²) in [5.41, 5.74) is 14.9.